The third kappa shape index (κ3) is 42.9. The van der Waals surface area contributed by atoms with E-state index in [1.807, 2.05) is 27.2 Å². The van der Waals surface area contributed by atoms with Crippen molar-refractivity contribution in [1.29, 1.82) is 0 Å². The smallest absolute Gasteiger partial charge is 0.268 e. The average molecular weight is 827 g/mol. The molecule has 3 atom stereocenters. The number of quaternary nitrogens is 1. The van der Waals surface area contributed by atoms with E-state index in [-0.39, 0.29) is 19.1 Å². The Balaban J connectivity index is 4.32. The van der Waals surface area contributed by atoms with Crippen molar-refractivity contribution in [1.82, 2.24) is 5.32 Å². The fourth-order valence-corrected chi connectivity index (χ4v) is 7.75. The fourth-order valence-electron chi connectivity index (χ4n) is 7.03. The van der Waals surface area contributed by atoms with Gasteiger partial charge in [0.2, 0.25) is 5.91 Å². The summed E-state index contributed by atoms with van der Waals surface area (Å²) in [4.78, 5) is 25.3. The molecule has 0 spiro atoms. The molecule has 0 saturated heterocycles. The maximum atomic E-state index is 12.8. The lowest BCUT2D eigenvalue weighted by Crippen LogP contribution is -2.45. The van der Waals surface area contributed by atoms with Crippen LogP contribution in [0.15, 0.2) is 24.3 Å². The number of amides is 1. The molecule has 0 rings (SSSR count). The van der Waals surface area contributed by atoms with Gasteiger partial charge in [-0.2, -0.15) is 0 Å². The molecule has 8 nitrogen and oxygen atoms in total. The van der Waals surface area contributed by atoms with Crippen LogP contribution in [0.4, 0.5) is 0 Å². The van der Waals surface area contributed by atoms with E-state index in [1.165, 1.54) is 154 Å². The molecule has 0 fully saturated rings. The number of allylic oxidation sites excluding steroid dienone is 3. The minimum Gasteiger partial charge on any atom is -0.756 e. The van der Waals surface area contributed by atoms with Crippen molar-refractivity contribution in [3.63, 3.8) is 0 Å². The highest BCUT2D eigenvalue weighted by atomic mass is 31.2. The Bertz CT molecular complexity index is 984. The van der Waals surface area contributed by atoms with Gasteiger partial charge in [0.15, 0.2) is 0 Å². The summed E-state index contributed by atoms with van der Waals surface area (Å²) in [5.41, 5.74) is 0. The Morgan fingerprint density at radius 1 is 0.596 bits per heavy atom. The van der Waals surface area contributed by atoms with E-state index in [9.17, 15) is 19.4 Å². The standard InChI is InChI=1S/C48H95N2O6P/c1-6-8-10-12-14-16-18-20-21-22-23-24-25-26-27-28-30-31-33-35-37-39-41-47(51)46(45-56-57(53,54)55-44-43-50(3,4)5)49-48(52)42-40-38-36-34-32-29-19-17-15-13-11-9-7-2/h29,32,39,41,46-47,51H,6-28,30-31,33-38,40,42-45H2,1-5H3,(H-,49,52,53,54)/b32-29-,41-39+. The van der Waals surface area contributed by atoms with Crippen LogP contribution < -0.4 is 10.2 Å². The van der Waals surface area contributed by atoms with Crippen LogP contribution in [0, 0.1) is 0 Å². The summed E-state index contributed by atoms with van der Waals surface area (Å²) < 4.78 is 23.2. The quantitative estimate of drug-likeness (QED) is 0.0274. The third-order valence-electron chi connectivity index (χ3n) is 10.9. The number of phosphoric ester groups is 1. The summed E-state index contributed by atoms with van der Waals surface area (Å²) in [6.45, 7) is 4.64. The van der Waals surface area contributed by atoms with Crippen LogP contribution in [0.2, 0.25) is 0 Å². The van der Waals surface area contributed by atoms with E-state index in [0.29, 0.717) is 17.4 Å². The zero-order chi connectivity index (χ0) is 42.1. The molecule has 0 aromatic rings. The van der Waals surface area contributed by atoms with Crippen molar-refractivity contribution < 1.29 is 32.9 Å². The zero-order valence-corrected chi connectivity index (χ0v) is 39.2. The summed E-state index contributed by atoms with van der Waals surface area (Å²) in [5, 5.41) is 13.8. The van der Waals surface area contributed by atoms with Gasteiger partial charge in [0.1, 0.15) is 13.2 Å². The molecule has 1 amide bonds. The number of rotatable bonds is 44. The first-order valence-electron chi connectivity index (χ1n) is 24.2. The monoisotopic (exact) mass is 827 g/mol. The molecule has 0 aliphatic carbocycles. The molecule has 0 saturated carbocycles. The van der Waals surface area contributed by atoms with Crippen molar-refractivity contribution >= 4 is 13.7 Å². The molecule has 0 bridgehead atoms. The molecule has 338 valence electrons. The van der Waals surface area contributed by atoms with Gasteiger partial charge in [0.25, 0.3) is 7.82 Å². The minimum absolute atomic E-state index is 0.00251. The van der Waals surface area contributed by atoms with E-state index >= 15 is 0 Å². The number of aliphatic hydroxyl groups excluding tert-OH is 1. The summed E-state index contributed by atoms with van der Waals surface area (Å²) in [6.07, 6.45) is 48.0. The first-order chi connectivity index (χ1) is 27.5. The maximum absolute atomic E-state index is 12.8. The Kier molecular flexibility index (Phi) is 39.7. The number of hydrogen-bond donors (Lipinski definition) is 2. The fraction of sp³-hybridized carbons (Fsp3) is 0.896. The number of unbranched alkanes of at least 4 members (excludes halogenated alkanes) is 29. The molecular formula is C48H95N2O6P. The van der Waals surface area contributed by atoms with Gasteiger partial charge >= 0.3 is 0 Å². The molecule has 0 heterocycles. The van der Waals surface area contributed by atoms with Crippen molar-refractivity contribution in [3.05, 3.63) is 24.3 Å². The lowest BCUT2D eigenvalue weighted by Gasteiger charge is -2.29. The minimum atomic E-state index is -4.59. The molecule has 0 aliphatic rings. The van der Waals surface area contributed by atoms with E-state index < -0.39 is 20.0 Å². The lowest BCUT2D eigenvalue weighted by atomic mass is 10.0. The van der Waals surface area contributed by atoms with E-state index in [1.54, 1.807) is 6.08 Å². The molecule has 0 aliphatic heterocycles. The number of carbonyl (C=O) groups excluding carboxylic acids is 1. The first-order valence-corrected chi connectivity index (χ1v) is 25.7. The summed E-state index contributed by atoms with van der Waals surface area (Å²) in [7, 11) is 1.26. The summed E-state index contributed by atoms with van der Waals surface area (Å²) >= 11 is 0. The number of nitrogens with zero attached hydrogens (tertiary/aromatic N) is 1. The van der Waals surface area contributed by atoms with Crippen LogP contribution in [-0.4, -0.2) is 68.5 Å². The number of phosphoric acid groups is 1. The predicted octanol–water partition coefficient (Wildman–Crippen LogP) is 13.1. The second kappa shape index (κ2) is 40.4. The molecule has 2 N–H and O–H groups in total. The van der Waals surface area contributed by atoms with Crippen LogP contribution in [0.5, 0.6) is 0 Å². The maximum Gasteiger partial charge on any atom is 0.268 e. The van der Waals surface area contributed by atoms with Crippen LogP contribution in [0.3, 0.4) is 0 Å². The highest BCUT2D eigenvalue weighted by Crippen LogP contribution is 2.38. The van der Waals surface area contributed by atoms with Gasteiger partial charge in [-0.25, -0.2) is 0 Å². The van der Waals surface area contributed by atoms with Gasteiger partial charge < -0.3 is 28.8 Å². The summed E-state index contributed by atoms with van der Waals surface area (Å²) in [5.74, 6) is -0.213. The van der Waals surface area contributed by atoms with E-state index in [2.05, 4.69) is 31.3 Å². The average Bonchev–Trinajstić information content (AvgIpc) is 3.16. The second-order valence-corrected chi connectivity index (χ2v) is 19.2. The van der Waals surface area contributed by atoms with Crippen LogP contribution >= 0.6 is 7.82 Å². The summed E-state index contributed by atoms with van der Waals surface area (Å²) in [6, 6.07) is -0.891. The first kappa shape index (κ1) is 56.0. The number of nitrogens with one attached hydrogen (secondary N) is 1. The molecule has 0 radical (unpaired) electrons. The Labute approximate surface area is 354 Å². The number of aliphatic hydroxyl groups is 1. The largest absolute Gasteiger partial charge is 0.756 e. The van der Waals surface area contributed by atoms with Crippen molar-refractivity contribution in [2.45, 2.75) is 238 Å². The highest BCUT2D eigenvalue weighted by molar-refractivity contribution is 7.45. The zero-order valence-electron chi connectivity index (χ0n) is 38.3. The van der Waals surface area contributed by atoms with Gasteiger partial charge in [-0.1, -0.05) is 199 Å². The van der Waals surface area contributed by atoms with Gasteiger partial charge in [0.05, 0.1) is 39.9 Å². The number of carbonyl (C=O) groups is 1. The predicted molar refractivity (Wildman–Crippen MR) is 242 cm³/mol. The molecule has 0 aromatic carbocycles. The van der Waals surface area contributed by atoms with Crippen molar-refractivity contribution in [3.8, 4) is 0 Å². The Morgan fingerprint density at radius 3 is 1.37 bits per heavy atom. The van der Waals surface area contributed by atoms with Gasteiger partial charge in [-0.05, 0) is 44.9 Å². The highest BCUT2D eigenvalue weighted by Gasteiger charge is 2.23. The molecular weight excluding hydrogens is 732 g/mol. The molecule has 3 unspecified atom stereocenters. The van der Waals surface area contributed by atoms with Crippen molar-refractivity contribution in [2.75, 3.05) is 40.9 Å². The lowest BCUT2D eigenvalue weighted by molar-refractivity contribution is -0.870. The third-order valence-corrected chi connectivity index (χ3v) is 11.9. The molecule has 9 heteroatoms. The van der Waals surface area contributed by atoms with E-state index in [0.717, 1.165) is 51.4 Å². The van der Waals surface area contributed by atoms with Gasteiger partial charge in [0, 0.05) is 6.42 Å². The molecule has 57 heavy (non-hydrogen) atoms. The van der Waals surface area contributed by atoms with Crippen LogP contribution in [0.25, 0.3) is 0 Å². The normalized spacial score (nSPS) is 14.4. The van der Waals surface area contributed by atoms with Gasteiger partial charge in [-0.3, -0.25) is 9.36 Å². The molecule has 0 aromatic heterocycles. The van der Waals surface area contributed by atoms with E-state index in [4.69, 9.17) is 9.05 Å². The Hall–Kier alpha value is -1.02. The Morgan fingerprint density at radius 2 is 0.965 bits per heavy atom. The number of hydrogen-bond acceptors (Lipinski definition) is 6. The number of likely N-dealkylation sites (N-methyl/N-ethyl adjacent to an activating group) is 1. The SMILES string of the molecule is CCCCCCCC/C=C\CCCCCC(=O)NC(COP(=O)([O-])OCC[N+](C)(C)C)C(O)/C=C/CCCCCCCCCCCCCCCCCCCCCC. The van der Waals surface area contributed by atoms with Gasteiger partial charge in [-0.15, -0.1) is 0 Å². The van der Waals surface area contributed by atoms with Crippen LogP contribution in [0.1, 0.15) is 226 Å². The topological polar surface area (TPSA) is 108 Å². The second-order valence-electron chi connectivity index (χ2n) is 17.8. The van der Waals surface area contributed by atoms with Crippen LogP contribution in [-0.2, 0) is 18.4 Å². The van der Waals surface area contributed by atoms with Crippen molar-refractivity contribution in [2.24, 2.45) is 0 Å².